The Morgan fingerprint density at radius 2 is 2.19 bits per heavy atom. The molecule has 0 aliphatic carbocycles. The van der Waals surface area contributed by atoms with Crippen molar-refractivity contribution in [2.24, 2.45) is 0 Å². The minimum Gasteiger partial charge on any atom is -0.474 e. The van der Waals surface area contributed by atoms with E-state index in [1.165, 1.54) is 6.33 Å². The summed E-state index contributed by atoms with van der Waals surface area (Å²) in [6.07, 6.45) is 4.89. The van der Waals surface area contributed by atoms with Gasteiger partial charge in [-0.25, -0.2) is 9.97 Å². The van der Waals surface area contributed by atoms with Crippen LogP contribution < -0.4 is 10.1 Å². The Hall–Kier alpha value is -2.84. The predicted octanol–water partition coefficient (Wildman–Crippen LogP) is 2.50. The van der Waals surface area contributed by atoms with Gasteiger partial charge in [-0.3, -0.25) is 4.98 Å². The highest BCUT2D eigenvalue weighted by Gasteiger charge is 2.23. The number of rotatable bonds is 4. The number of nitrogens with zero attached hydrogens (tertiary/aromatic N) is 4. The van der Waals surface area contributed by atoms with Crippen LogP contribution in [0.2, 0.25) is 0 Å². The standard InChI is InChI=1S/C19H19N5O2S/c27-19(23-14-4-3-7-20-10-14)24-8-9-25-15(11-24)12-26-18-16-5-1-2-6-17(16)21-13-22-18/h1-7,10,13,15H,8-9,11-12H2,(H,23,27). The largest absolute Gasteiger partial charge is 0.474 e. The van der Waals surface area contributed by atoms with Crippen molar-refractivity contribution in [2.75, 3.05) is 31.6 Å². The number of hydrogen-bond donors (Lipinski definition) is 1. The first-order valence-corrected chi connectivity index (χ1v) is 9.10. The van der Waals surface area contributed by atoms with Crippen LogP contribution in [-0.4, -0.2) is 57.4 Å². The number of nitrogens with one attached hydrogen (secondary N) is 1. The molecule has 0 radical (unpaired) electrons. The summed E-state index contributed by atoms with van der Waals surface area (Å²) in [4.78, 5) is 14.7. The summed E-state index contributed by atoms with van der Waals surface area (Å²) in [6, 6.07) is 11.6. The zero-order valence-corrected chi connectivity index (χ0v) is 15.4. The molecule has 138 valence electrons. The Morgan fingerprint density at radius 1 is 1.26 bits per heavy atom. The lowest BCUT2D eigenvalue weighted by atomic mass is 10.2. The average Bonchev–Trinajstić information content (AvgIpc) is 2.73. The molecule has 4 rings (SSSR count). The Morgan fingerprint density at radius 3 is 3.07 bits per heavy atom. The van der Waals surface area contributed by atoms with Crippen LogP contribution in [0.4, 0.5) is 5.69 Å². The molecule has 1 unspecified atom stereocenters. The zero-order valence-electron chi connectivity index (χ0n) is 14.6. The highest BCUT2D eigenvalue weighted by molar-refractivity contribution is 7.80. The Labute approximate surface area is 162 Å². The average molecular weight is 381 g/mol. The van der Waals surface area contributed by atoms with Crippen LogP contribution in [0.25, 0.3) is 10.9 Å². The molecular weight excluding hydrogens is 362 g/mol. The lowest BCUT2D eigenvalue weighted by Gasteiger charge is -2.34. The fourth-order valence-corrected chi connectivity index (χ4v) is 3.19. The third-order valence-electron chi connectivity index (χ3n) is 4.25. The molecule has 1 atom stereocenters. The van der Waals surface area contributed by atoms with Gasteiger partial charge in [-0.15, -0.1) is 0 Å². The summed E-state index contributed by atoms with van der Waals surface area (Å²) in [5.74, 6) is 0.567. The van der Waals surface area contributed by atoms with E-state index >= 15 is 0 Å². The lowest BCUT2D eigenvalue weighted by molar-refractivity contribution is -0.0284. The van der Waals surface area contributed by atoms with Gasteiger partial charge < -0.3 is 19.7 Å². The SMILES string of the molecule is S=C(Nc1cccnc1)N1CCOC(COc2ncnc3ccccc23)C1. The number of benzene rings is 1. The summed E-state index contributed by atoms with van der Waals surface area (Å²) >= 11 is 5.52. The summed E-state index contributed by atoms with van der Waals surface area (Å²) in [5.41, 5.74) is 1.73. The third kappa shape index (κ3) is 4.29. The summed E-state index contributed by atoms with van der Waals surface area (Å²) in [7, 11) is 0. The van der Waals surface area contributed by atoms with Crippen LogP contribution in [0.3, 0.4) is 0 Å². The second-order valence-corrected chi connectivity index (χ2v) is 6.50. The van der Waals surface area contributed by atoms with Crippen LogP contribution in [-0.2, 0) is 4.74 Å². The minimum absolute atomic E-state index is 0.0962. The maximum Gasteiger partial charge on any atom is 0.224 e. The highest BCUT2D eigenvalue weighted by atomic mass is 32.1. The Balaban J connectivity index is 1.36. The van der Waals surface area contributed by atoms with E-state index in [0.717, 1.165) is 23.1 Å². The number of para-hydroxylation sites is 1. The molecule has 1 aromatic carbocycles. The van der Waals surface area contributed by atoms with E-state index in [1.807, 2.05) is 36.4 Å². The van der Waals surface area contributed by atoms with E-state index in [0.29, 0.717) is 30.8 Å². The number of fused-ring (bicyclic) bond motifs is 1. The first-order chi connectivity index (χ1) is 13.3. The van der Waals surface area contributed by atoms with Gasteiger partial charge in [-0.1, -0.05) is 12.1 Å². The molecule has 0 amide bonds. The molecule has 1 N–H and O–H groups in total. The first-order valence-electron chi connectivity index (χ1n) is 8.70. The Bertz CT molecular complexity index is 919. The Kier molecular flexibility index (Phi) is 5.36. The quantitative estimate of drug-likeness (QED) is 0.691. The predicted molar refractivity (Wildman–Crippen MR) is 107 cm³/mol. The van der Waals surface area contributed by atoms with Crippen molar-refractivity contribution in [3.05, 3.63) is 55.1 Å². The van der Waals surface area contributed by atoms with E-state index in [4.69, 9.17) is 21.7 Å². The van der Waals surface area contributed by atoms with Gasteiger partial charge in [-0.2, -0.15) is 0 Å². The molecule has 3 heterocycles. The maximum atomic E-state index is 5.93. The topological polar surface area (TPSA) is 72.4 Å². The molecule has 27 heavy (non-hydrogen) atoms. The van der Waals surface area contributed by atoms with Crippen molar-refractivity contribution in [2.45, 2.75) is 6.10 Å². The van der Waals surface area contributed by atoms with Crippen LogP contribution >= 0.6 is 12.2 Å². The van der Waals surface area contributed by atoms with Crippen LogP contribution in [0.15, 0.2) is 55.1 Å². The molecule has 3 aromatic rings. The second kappa shape index (κ2) is 8.24. The third-order valence-corrected chi connectivity index (χ3v) is 4.61. The van der Waals surface area contributed by atoms with Gasteiger partial charge in [0.1, 0.15) is 19.0 Å². The first kappa shape index (κ1) is 17.6. The minimum atomic E-state index is -0.0962. The number of aromatic nitrogens is 3. The normalized spacial score (nSPS) is 16.9. The van der Waals surface area contributed by atoms with Gasteiger partial charge in [0, 0.05) is 19.3 Å². The van der Waals surface area contributed by atoms with Crippen LogP contribution in [0, 0.1) is 0 Å². The van der Waals surface area contributed by atoms with Crippen LogP contribution in [0.1, 0.15) is 0 Å². The molecular formula is C19H19N5O2S. The zero-order chi connectivity index (χ0) is 18.5. The number of morpholine rings is 1. The van der Waals surface area contributed by atoms with E-state index in [1.54, 1.807) is 12.4 Å². The molecule has 7 nitrogen and oxygen atoms in total. The monoisotopic (exact) mass is 381 g/mol. The van der Waals surface area contributed by atoms with Crippen molar-refractivity contribution < 1.29 is 9.47 Å². The molecule has 0 saturated carbocycles. The van der Waals surface area contributed by atoms with Gasteiger partial charge in [0.25, 0.3) is 0 Å². The molecule has 1 aliphatic heterocycles. The summed E-state index contributed by atoms with van der Waals surface area (Å²) in [6.45, 7) is 2.37. The highest BCUT2D eigenvalue weighted by Crippen LogP contribution is 2.21. The van der Waals surface area contributed by atoms with Crippen LogP contribution in [0.5, 0.6) is 5.88 Å². The van der Waals surface area contributed by atoms with Gasteiger partial charge in [-0.05, 0) is 36.5 Å². The fourth-order valence-electron chi connectivity index (χ4n) is 2.91. The van der Waals surface area contributed by atoms with E-state index < -0.39 is 0 Å². The summed E-state index contributed by atoms with van der Waals surface area (Å²) < 4.78 is 11.8. The van der Waals surface area contributed by atoms with Crippen molar-refractivity contribution in [3.63, 3.8) is 0 Å². The summed E-state index contributed by atoms with van der Waals surface area (Å²) in [5, 5.41) is 4.75. The van der Waals surface area contributed by atoms with E-state index in [9.17, 15) is 0 Å². The van der Waals surface area contributed by atoms with E-state index in [2.05, 4.69) is 25.2 Å². The van der Waals surface area contributed by atoms with Gasteiger partial charge in [0.05, 0.1) is 29.4 Å². The molecule has 1 fully saturated rings. The lowest BCUT2D eigenvalue weighted by Crippen LogP contribution is -2.49. The molecule has 1 aliphatic rings. The maximum absolute atomic E-state index is 5.93. The van der Waals surface area contributed by atoms with Gasteiger partial charge >= 0.3 is 0 Å². The number of ether oxygens (including phenoxy) is 2. The fraction of sp³-hybridized carbons (Fsp3) is 0.263. The van der Waals surface area contributed by atoms with Crippen molar-refractivity contribution in [1.82, 2.24) is 19.9 Å². The van der Waals surface area contributed by atoms with Crippen molar-refractivity contribution in [3.8, 4) is 5.88 Å². The van der Waals surface area contributed by atoms with Crippen molar-refractivity contribution >= 4 is 33.9 Å². The second-order valence-electron chi connectivity index (χ2n) is 6.12. The molecule has 0 spiro atoms. The number of thiocarbonyl (C=S) groups is 1. The van der Waals surface area contributed by atoms with Gasteiger partial charge in [0.15, 0.2) is 5.11 Å². The molecule has 8 heteroatoms. The van der Waals surface area contributed by atoms with E-state index in [-0.39, 0.29) is 6.10 Å². The number of pyridine rings is 1. The molecule has 1 saturated heterocycles. The van der Waals surface area contributed by atoms with Gasteiger partial charge in [0.2, 0.25) is 5.88 Å². The van der Waals surface area contributed by atoms with Crippen molar-refractivity contribution in [1.29, 1.82) is 0 Å². The number of hydrogen-bond acceptors (Lipinski definition) is 6. The molecule has 0 bridgehead atoms. The number of anilines is 1. The molecule has 2 aromatic heterocycles. The smallest absolute Gasteiger partial charge is 0.224 e.